The van der Waals surface area contributed by atoms with Gasteiger partial charge in [0.2, 0.25) is 0 Å². The minimum Gasteiger partial charge on any atom is -0.396 e. The van der Waals surface area contributed by atoms with E-state index in [-0.39, 0.29) is 13.0 Å². The third-order valence-electron chi connectivity index (χ3n) is 4.37. The summed E-state index contributed by atoms with van der Waals surface area (Å²) >= 11 is 0. The molecule has 1 aliphatic heterocycles. The molecular formula is C13H24O9. The lowest BCUT2D eigenvalue weighted by Gasteiger charge is -2.42. The molecule has 0 amide bonds. The van der Waals surface area contributed by atoms with Crippen LogP contribution >= 0.6 is 0 Å². The van der Waals surface area contributed by atoms with E-state index in [0.29, 0.717) is 0 Å². The Morgan fingerprint density at radius 3 is 2.14 bits per heavy atom. The summed E-state index contributed by atoms with van der Waals surface area (Å²) in [5, 5.41) is 58.0. The van der Waals surface area contributed by atoms with Crippen LogP contribution in [0.4, 0.5) is 0 Å². The topological polar surface area (TPSA) is 149 Å². The number of aliphatic hydroxyl groups is 6. The molecular weight excluding hydrogens is 300 g/mol. The van der Waals surface area contributed by atoms with Crippen molar-refractivity contribution in [2.24, 2.45) is 5.92 Å². The van der Waals surface area contributed by atoms with Crippen molar-refractivity contribution in [3.05, 3.63) is 0 Å². The largest absolute Gasteiger partial charge is 0.396 e. The molecule has 2 aliphatic rings. The van der Waals surface area contributed by atoms with Gasteiger partial charge >= 0.3 is 0 Å². The SMILES string of the molecule is CO[C@@H]1O[C@H](CO)[C@@H](O)[C@H](O)[C@H]1O[C@@H]1C[C@H](CO)[C@H](O)[C@H]1O. The quantitative estimate of drug-likeness (QED) is 0.304. The Hall–Kier alpha value is -0.360. The molecule has 2 rings (SSSR count). The van der Waals surface area contributed by atoms with E-state index in [9.17, 15) is 20.4 Å². The van der Waals surface area contributed by atoms with Gasteiger partial charge in [-0.2, -0.15) is 0 Å². The molecule has 2 fully saturated rings. The summed E-state index contributed by atoms with van der Waals surface area (Å²) < 4.78 is 15.9. The highest BCUT2D eigenvalue weighted by atomic mass is 16.7. The minimum absolute atomic E-state index is 0.192. The molecule has 1 saturated heterocycles. The molecule has 6 N–H and O–H groups in total. The lowest BCUT2D eigenvalue weighted by molar-refractivity contribution is -0.313. The Labute approximate surface area is 127 Å². The standard InChI is InChI=1S/C13H24O9/c1-20-13-12(11(19)10(18)7(4-15)22-13)21-6-2-5(3-14)8(16)9(6)17/h5-19H,2-4H2,1H3/t5-,6-,7-,8+,9+,10-,11+,12-,13-/m1/s1. The van der Waals surface area contributed by atoms with Crippen LogP contribution in [0.3, 0.4) is 0 Å². The zero-order chi connectivity index (χ0) is 16.4. The van der Waals surface area contributed by atoms with Gasteiger partial charge in [-0.05, 0) is 6.42 Å². The maximum absolute atomic E-state index is 10.1. The first-order chi connectivity index (χ1) is 10.4. The summed E-state index contributed by atoms with van der Waals surface area (Å²) in [4.78, 5) is 0. The maximum Gasteiger partial charge on any atom is 0.186 e. The molecule has 0 aromatic rings. The second-order valence-corrected chi connectivity index (χ2v) is 5.74. The molecule has 22 heavy (non-hydrogen) atoms. The van der Waals surface area contributed by atoms with Crippen molar-refractivity contribution in [1.29, 1.82) is 0 Å². The highest BCUT2D eigenvalue weighted by Crippen LogP contribution is 2.33. The zero-order valence-electron chi connectivity index (χ0n) is 12.2. The van der Waals surface area contributed by atoms with Crippen molar-refractivity contribution in [2.75, 3.05) is 20.3 Å². The Balaban J connectivity index is 2.07. The van der Waals surface area contributed by atoms with E-state index in [4.69, 9.17) is 24.4 Å². The lowest BCUT2D eigenvalue weighted by atomic mass is 9.99. The third-order valence-corrected chi connectivity index (χ3v) is 4.37. The van der Waals surface area contributed by atoms with Gasteiger partial charge in [0, 0.05) is 19.6 Å². The summed E-state index contributed by atoms with van der Waals surface area (Å²) in [6.45, 7) is -0.799. The zero-order valence-corrected chi connectivity index (χ0v) is 12.2. The van der Waals surface area contributed by atoms with Gasteiger partial charge in [-0.3, -0.25) is 0 Å². The number of hydrogen-bond acceptors (Lipinski definition) is 9. The average molecular weight is 324 g/mol. The fourth-order valence-electron chi connectivity index (χ4n) is 2.99. The van der Waals surface area contributed by atoms with Crippen LogP contribution in [0.15, 0.2) is 0 Å². The number of hydrogen-bond donors (Lipinski definition) is 6. The van der Waals surface area contributed by atoms with E-state index in [1.807, 2.05) is 0 Å². The second kappa shape index (κ2) is 7.47. The fourth-order valence-corrected chi connectivity index (χ4v) is 2.99. The van der Waals surface area contributed by atoms with E-state index >= 15 is 0 Å². The van der Waals surface area contributed by atoms with Crippen LogP contribution in [0.25, 0.3) is 0 Å². The summed E-state index contributed by atoms with van der Waals surface area (Å²) in [5.74, 6) is -0.530. The van der Waals surface area contributed by atoms with Gasteiger partial charge in [0.05, 0.1) is 18.8 Å². The average Bonchev–Trinajstić information content (AvgIpc) is 2.80. The van der Waals surface area contributed by atoms with Gasteiger partial charge in [0.25, 0.3) is 0 Å². The van der Waals surface area contributed by atoms with Gasteiger partial charge < -0.3 is 44.8 Å². The first kappa shape index (κ1) is 18.0. The van der Waals surface area contributed by atoms with E-state index in [1.165, 1.54) is 7.11 Å². The fraction of sp³-hybridized carbons (Fsp3) is 1.00. The minimum atomic E-state index is -1.40. The van der Waals surface area contributed by atoms with Crippen molar-refractivity contribution in [3.8, 4) is 0 Å². The number of aliphatic hydroxyl groups excluding tert-OH is 6. The van der Waals surface area contributed by atoms with Crippen molar-refractivity contribution in [2.45, 2.75) is 55.4 Å². The molecule has 0 aromatic carbocycles. The van der Waals surface area contributed by atoms with Gasteiger partial charge in [-0.25, -0.2) is 0 Å². The highest BCUT2D eigenvalue weighted by molar-refractivity contribution is 4.95. The molecule has 1 saturated carbocycles. The highest BCUT2D eigenvalue weighted by Gasteiger charge is 2.49. The third kappa shape index (κ3) is 3.28. The second-order valence-electron chi connectivity index (χ2n) is 5.74. The summed E-state index contributed by atoms with van der Waals surface area (Å²) in [6, 6.07) is 0. The molecule has 9 atom stereocenters. The van der Waals surface area contributed by atoms with Crippen LogP contribution in [0, 0.1) is 5.92 Å². The van der Waals surface area contributed by atoms with Gasteiger partial charge in [-0.15, -0.1) is 0 Å². The normalized spacial score (nSPS) is 49.5. The smallest absolute Gasteiger partial charge is 0.186 e. The lowest BCUT2D eigenvalue weighted by Crippen LogP contribution is -2.60. The van der Waals surface area contributed by atoms with E-state index in [2.05, 4.69) is 0 Å². The first-order valence-electron chi connectivity index (χ1n) is 7.22. The predicted octanol–water partition coefficient (Wildman–Crippen LogP) is -3.44. The number of rotatable bonds is 5. The van der Waals surface area contributed by atoms with E-state index in [0.717, 1.165) is 0 Å². The van der Waals surface area contributed by atoms with Gasteiger partial charge in [-0.1, -0.05) is 0 Å². The van der Waals surface area contributed by atoms with E-state index < -0.39 is 61.5 Å². The molecule has 9 nitrogen and oxygen atoms in total. The summed E-state index contributed by atoms with van der Waals surface area (Å²) in [7, 11) is 1.32. The van der Waals surface area contributed by atoms with Crippen LogP contribution in [0.5, 0.6) is 0 Å². The molecule has 1 heterocycles. The van der Waals surface area contributed by atoms with Crippen LogP contribution < -0.4 is 0 Å². The summed E-state index contributed by atoms with van der Waals surface area (Å²) in [6.07, 6.45) is -8.94. The van der Waals surface area contributed by atoms with Gasteiger partial charge in [0.15, 0.2) is 6.29 Å². The van der Waals surface area contributed by atoms with Crippen LogP contribution in [-0.2, 0) is 14.2 Å². The molecule has 0 spiro atoms. The van der Waals surface area contributed by atoms with Crippen LogP contribution in [0.1, 0.15) is 6.42 Å². The van der Waals surface area contributed by atoms with Gasteiger partial charge in [0.1, 0.15) is 30.5 Å². The van der Waals surface area contributed by atoms with Crippen molar-refractivity contribution in [3.63, 3.8) is 0 Å². The maximum atomic E-state index is 10.1. The van der Waals surface area contributed by atoms with Crippen molar-refractivity contribution >= 4 is 0 Å². The Morgan fingerprint density at radius 1 is 0.955 bits per heavy atom. The molecule has 130 valence electrons. The molecule has 1 aliphatic carbocycles. The van der Waals surface area contributed by atoms with Crippen LogP contribution in [0.2, 0.25) is 0 Å². The van der Waals surface area contributed by atoms with Crippen LogP contribution in [-0.4, -0.2) is 100.0 Å². The monoisotopic (exact) mass is 324 g/mol. The number of ether oxygens (including phenoxy) is 3. The molecule has 0 aromatic heterocycles. The van der Waals surface area contributed by atoms with Crippen molar-refractivity contribution in [1.82, 2.24) is 0 Å². The Bertz CT molecular complexity index is 352. The molecule has 0 unspecified atom stereocenters. The van der Waals surface area contributed by atoms with Crippen molar-refractivity contribution < 1.29 is 44.8 Å². The molecule has 0 radical (unpaired) electrons. The Kier molecular flexibility index (Phi) is 6.11. The molecule has 0 bridgehead atoms. The number of methoxy groups -OCH3 is 1. The first-order valence-corrected chi connectivity index (χ1v) is 7.22. The summed E-state index contributed by atoms with van der Waals surface area (Å²) in [5.41, 5.74) is 0. The predicted molar refractivity (Wildman–Crippen MR) is 70.6 cm³/mol. The molecule has 9 heteroatoms. The van der Waals surface area contributed by atoms with E-state index in [1.54, 1.807) is 0 Å². The Morgan fingerprint density at radius 2 is 1.64 bits per heavy atom.